The third-order valence-electron chi connectivity index (χ3n) is 1.78. The molecule has 1 aromatic rings. The average Bonchev–Trinajstić information content (AvgIpc) is 2.63. The van der Waals surface area contributed by atoms with E-state index in [-0.39, 0.29) is 6.61 Å². The second-order valence-corrected chi connectivity index (χ2v) is 3.53. The van der Waals surface area contributed by atoms with Crippen molar-refractivity contribution < 1.29 is 17.9 Å². The molecule has 1 heterocycles. The van der Waals surface area contributed by atoms with E-state index < -0.39 is 12.8 Å². The number of hydrogen-bond donors (Lipinski definition) is 0. The molecule has 1 rings (SSSR count). The molecule has 0 spiro atoms. The number of hydrogen-bond acceptors (Lipinski definition) is 2. The molecule has 7 heteroatoms. The van der Waals surface area contributed by atoms with E-state index in [0.29, 0.717) is 18.8 Å². The van der Waals surface area contributed by atoms with Crippen LogP contribution < -0.4 is 0 Å². The van der Waals surface area contributed by atoms with Crippen LogP contribution in [0.15, 0.2) is 12.4 Å². The van der Waals surface area contributed by atoms with Crippen molar-refractivity contribution in [3.05, 3.63) is 18.0 Å². The summed E-state index contributed by atoms with van der Waals surface area (Å²) in [6.07, 6.45) is -0.378. The summed E-state index contributed by atoms with van der Waals surface area (Å²) in [5.74, 6) is 0.380. The van der Waals surface area contributed by atoms with E-state index in [1.807, 2.05) is 0 Å². The Hall–Kier alpha value is -0.750. The van der Waals surface area contributed by atoms with E-state index in [4.69, 9.17) is 11.6 Å². The Labute approximate surface area is 96.1 Å². The highest BCUT2D eigenvalue weighted by molar-refractivity contribution is 6.17. The summed E-state index contributed by atoms with van der Waals surface area (Å²) in [5, 5.41) is 3.99. The van der Waals surface area contributed by atoms with Crippen LogP contribution in [0.1, 0.15) is 12.0 Å². The maximum Gasteiger partial charge on any atom is 0.411 e. The molecule has 92 valence electrons. The summed E-state index contributed by atoms with van der Waals surface area (Å²) < 4.78 is 41.2. The van der Waals surface area contributed by atoms with E-state index in [1.165, 1.54) is 0 Å². The predicted octanol–water partition coefficient (Wildman–Crippen LogP) is 2.59. The van der Waals surface area contributed by atoms with Gasteiger partial charge in [0.25, 0.3) is 0 Å². The molecule has 0 atom stereocenters. The Morgan fingerprint density at radius 2 is 2.19 bits per heavy atom. The quantitative estimate of drug-likeness (QED) is 0.578. The molecule has 0 unspecified atom stereocenters. The Bertz CT molecular complexity index is 314. The van der Waals surface area contributed by atoms with Gasteiger partial charge in [0.1, 0.15) is 6.61 Å². The van der Waals surface area contributed by atoms with Gasteiger partial charge in [-0.1, -0.05) is 0 Å². The fraction of sp³-hybridized carbons (Fsp3) is 0.667. The molecule has 1 aromatic heterocycles. The van der Waals surface area contributed by atoms with Crippen LogP contribution in [0.4, 0.5) is 13.2 Å². The number of ether oxygens (including phenoxy) is 1. The number of aromatic nitrogens is 2. The molecule has 0 saturated carbocycles. The van der Waals surface area contributed by atoms with Crippen LogP contribution in [0.3, 0.4) is 0 Å². The van der Waals surface area contributed by atoms with Crippen LogP contribution in [0.2, 0.25) is 0 Å². The minimum atomic E-state index is -4.25. The molecule has 0 saturated heterocycles. The molecular formula is C9H12ClF3N2O. The van der Waals surface area contributed by atoms with Gasteiger partial charge in [0, 0.05) is 24.9 Å². The van der Waals surface area contributed by atoms with Crippen molar-refractivity contribution in [3.63, 3.8) is 0 Å². The molecule has 0 aromatic carbocycles. The smallest absolute Gasteiger partial charge is 0.372 e. The normalized spacial score (nSPS) is 12.0. The molecule has 0 fully saturated rings. The van der Waals surface area contributed by atoms with Crippen molar-refractivity contribution in [1.29, 1.82) is 0 Å². The van der Waals surface area contributed by atoms with Crippen LogP contribution in [0, 0.1) is 0 Å². The highest BCUT2D eigenvalue weighted by Crippen LogP contribution is 2.14. The van der Waals surface area contributed by atoms with Crippen LogP contribution in [0.25, 0.3) is 0 Å². The first-order valence-electron chi connectivity index (χ1n) is 4.73. The highest BCUT2D eigenvalue weighted by Gasteiger charge is 2.27. The van der Waals surface area contributed by atoms with Gasteiger partial charge in [-0.25, -0.2) is 0 Å². The van der Waals surface area contributed by atoms with E-state index in [2.05, 4.69) is 9.84 Å². The van der Waals surface area contributed by atoms with Crippen molar-refractivity contribution >= 4 is 11.6 Å². The van der Waals surface area contributed by atoms with Crippen molar-refractivity contribution in [2.75, 3.05) is 13.2 Å². The summed E-state index contributed by atoms with van der Waals surface area (Å²) in [4.78, 5) is 0. The van der Waals surface area contributed by atoms with Crippen LogP contribution in [-0.2, 0) is 17.2 Å². The Morgan fingerprint density at radius 1 is 1.44 bits per heavy atom. The van der Waals surface area contributed by atoms with Crippen molar-refractivity contribution in [3.8, 4) is 0 Å². The molecule has 0 aliphatic carbocycles. The number of nitrogens with zero attached hydrogens (tertiary/aromatic N) is 2. The number of rotatable bonds is 6. The predicted molar refractivity (Wildman–Crippen MR) is 53.3 cm³/mol. The minimum Gasteiger partial charge on any atom is -0.372 e. The number of aryl methyl sites for hydroxylation is 1. The lowest BCUT2D eigenvalue weighted by Crippen LogP contribution is -2.17. The maximum absolute atomic E-state index is 11.7. The van der Waals surface area contributed by atoms with Gasteiger partial charge in [-0.2, -0.15) is 18.3 Å². The first-order chi connectivity index (χ1) is 7.51. The topological polar surface area (TPSA) is 27.1 Å². The van der Waals surface area contributed by atoms with Gasteiger partial charge in [-0.3, -0.25) is 4.68 Å². The lowest BCUT2D eigenvalue weighted by atomic mass is 10.4. The molecule has 3 nitrogen and oxygen atoms in total. The second-order valence-electron chi connectivity index (χ2n) is 3.27. The molecular weight excluding hydrogens is 245 g/mol. The molecule has 0 aliphatic heterocycles. The van der Waals surface area contributed by atoms with Crippen LogP contribution in [0.5, 0.6) is 0 Å². The highest BCUT2D eigenvalue weighted by atomic mass is 35.5. The molecule has 0 amide bonds. The van der Waals surface area contributed by atoms with Crippen LogP contribution in [-0.4, -0.2) is 29.2 Å². The van der Waals surface area contributed by atoms with Gasteiger partial charge in [0.2, 0.25) is 0 Å². The third-order valence-corrected chi connectivity index (χ3v) is 2.09. The second kappa shape index (κ2) is 6.10. The zero-order chi connectivity index (χ0) is 12.0. The SMILES string of the molecule is FC(F)(F)COCCCn1cc(CCl)cn1. The van der Waals surface area contributed by atoms with Gasteiger partial charge in [0.15, 0.2) is 0 Å². The summed E-state index contributed by atoms with van der Waals surface area (Å²) in [6, 6.07) is 0. The molecule has 0 aliphatic rings. The molecule has 0 radical (unpaired) electrons. The standard InChI is InChI=1S/C9H12ClF3N2O/c10-4-8-5-14-15(6-8)2-1-3-16-7-9(11,12)13/h5-6H,1-4,7H2. The maximum atomic E-state index is 11.7. The lowest BCUT2D eigenvalue weighted by Gasteiger charge is -2.07. The van der Waals surface area contributed by atoms with Crippen molar-refractivity contribution in [2.45, 2.75) is 25.0 Å². The van der Waals surface area contributed by atoms with E-state index in [0.717, 1.165) is 5.56 Å². The van der Waals surface area contributed by atoms with Crippen molar-refractivity contribution in [2.24, 2.45) is 0 Å². The fourth-order valence-electron chi connectivity index (χ4n) is 1.11. The molecule has 16 heavy (non-hydrogen) atoms. The van der Waals surface area contributed by atoms with Crippen LogP contribution >= 0.6 is 11.6 Å². The number of alkyl halides is 4. The first kappa shape index (κ1) is 13.3. The van der Waals surface area contributed by atoms with E-state index in [1.54, 1.807) is 17.1 Å². The molecule has 0 N–H and O–H groups in total. The van der Waals surface area contributed by atoms with Gasteiger partial charge >= 0.3 is 6.18 Å². The summed E-state index contributed by atoms with van der Waals surface area (Å²) in [6.45, 7) is -0.608. The molecule has 0 bridgehead atoms. The fourth-order valence-corrected chi connectivity index (χ4v) is 1.25. The Morgan fingerprint density at radius 3 is 2.75 bits per heavy atom. The number of halogens is 4. The summed E-state index contributed by atoms with van der Waals surface area (Å²) in [7, 11) is 0. The minimum absolute atomic E-state index is 0.0651. The van der Waals surface area contributed by atoms with Crippen molar-refractivity contribution in [1.82, 2.24) is 9.78 Å². The zero-order valence-electron chi connectivity index (χ0n) is 8.50. The van der Waals surface area contributed by atoms with E-state index in [9.17, 15) is 13.2 Å². The first-order valence-corrected chi connectivity index (χ1v) is 5.26. The van der Waals surface area contributed by atoms with Gasteiger partial charge < -0.3 is 4.74 Å². The zero-order valence-corrected chi connectivity index (χ0v) is 9.26. The van der Waals surface area contributed by atoms with E-state index >= 15 is 0 Å². The van der Waals surface area contributed by atoms with Gasteiger partial charge in [-0.15, -0.1) is 11.6 Å². The monoisotopic (exact) mass is 256 g/mol. The Balaban J connectivity index is 2.11. The lowest BCUT2D eigenvalue weighted by molar-refractivity contribution is -0.174. The largest absolute Gasteiger partial charge is 0.411 e. The average molecular weight is 257 g/mol. The van der Waals surface area contributed by atoms with Gasteiger partial charge in [0.05, 0.1) is 12.1 Å². The third kappa shape index (κ3) is 5.37. The Kier molecular flexibility index (Phi) is 5.08. The summed E-state index contributed by atoms with van der Waals surface area (Å²) in [5.41, 5.74) is 0.887. The van der Waals surface area contributed by atoms with Gasteiger partial charge in [-0.05, 0) is 6.42 Å². The summed E-state index contributed by atoms with van der Waals surface area (Å²) >= 11 is 5.57.